The lowest BCUT2D eigenvalue weighted by Gasteiger charge is -2.36. The van der Waals surface area contributed by atoms with E-state index in [-0.39, 0.29) is 0 Å². The molecule has 0 bridgehead atoms. The molecule has 3 nitrogen and oxygen atoms in total. The van der Waals surface area contributed by atoms with Crippen LogP contribution in [-0.2, 0) is 9.47 Å². The van der Waals surface area contributed by atoms with Crippen LogP contribution in [-0.4, -0.2) is 38.5 Å². The summed E-state index contributed by atoms with van der Waals surface area (Å²) >= 11 is 0. The van der Waals surface area contributed by atoms with E-state index >= 15 is 0 Å². The van der Waals surface area contributed by atoms with Crippen LogP contribution < -0.4 is 5.32 Å². The van der Waals surface area contributed by atoms with Crippen molar-refractivity contribution in [1.29, 1.82) is 0 Å². The topological polar surface area (TPSA) is 30.5 Å². The maximum atomic E-state index is 5.52. The minimum atomic E-state index is 0.525. The van der Waals surface area contributed by atoms with Crippen LogP contribution in [0.25, 0.3) is 0 Å². The van der Waals surface area contributed by atoms with E-state index in [1.807, 2.05) is 0 Å². The first-order chi connectivity index (χ1) is 6.88. The molecule has 1 heterocycles. The van der Waals surface area contributed by atoms with Gasteiger partial charge in [-0.05, 0) is 32.1 Å². The van der Waals surface area contributed by atoms with Crippen LogP contribution in [0.2, 0.25) is 0 Å². The molecule has 3 heteroatoms. The summed E-state index contributed by atoms with van der Waals surface area (Å²) in [4.78, 5) is 0. The Kier molecular flexibility index (Phi) is 3.79. The fraction of sp³-hybridized carbons (Fsp3) is 1.00. The van der Waals surface area contributed by atoms with Gasteiger partial charge in [0.05, 0.1) is 12.7 Å². The van der Waals surface area contributed by atoms with Crippen molar-refractivity contribution in [3.63, 3.8) is 0 Å². The number of hydrogen-bond donors (Lipinski definition) is 1. The lowest BCUT2D eigenvalue weighted by atomic mass is 9.89. The van der Waals surface area contributed by atoms with Gasteiger partial charge in [0.2, 0.25) is 0 Å². The second-order valence-electron chi connectivity index (χ2n) is 4.38. The zero-order chi connectivity index (χ0) is 9.80. The van der Waals surface area contributed by atoms with Crippen molar-refractivity contribution in [3.8, 4) is 0 Å². The number of ether oxygens (including phenoxy) is 2. The van der Waals surface area contributed by atoms with Gasteiger partial charge in [0.15, 0.2) is 0 Å². The van der Waals surface area contributed by atoms with E-state index < -0.39 is 0 Å². The SMILES string of the molecule is CCOC1CC(NCC2CCOC2)C1. The van der Waals surface area contributed by atoms with Gasteiger partial charge in [0, 0.05) is 25.8 Å². The second kappa shape index (κ2) is 5.10. The molecule has 0 amide bonds. The van der Waals surface area contributed by atoms with E-state index in [1.165, 1.54) is 19.3 Å². The number of hydrogen-bond acceptors (Lipinski definition) is 3. The van der Waals surface area contributed by atoms with Crippen LogP contribution >= 0.6 is 0 Å². The third-order valence-corrected chi connectivity index (χ3v) is 3.22. The van der Waals surface area contributed by atoms with Gasteiger partial charge in [-0.25, -0.2) is 0 Å². The summed E-state index contributed by atoms with van der Waals surface area (Å²) in [5, 5.41) is 3.59. The van der Waals surface area contributed by atoms with Gasteiger partial charge in [0.1, 0.15) is 0 Å². The molecular weight excluding hydrogens is 178 g/mol. The highest BCUT2D eigenvalue weighted by Gasteiger charge is 2.29. The average Bonchev–Trinajstić information content (AvgIpc) is 2.61. The summed E-state index contributed by atoms with van der Waals surface area (Å²) in [5.41, 5.74) is 0. The quantitative estimate of drug-likeness (QED) is 0.721. The van der Waals surface area contributed by atoms with Crippen LogP contribution in [0.3, 0.4) is 0 Å². The highest BCUT2D eigenvalue weighted by molar-refractivity contribution is 4.86. The molecule has 1 aliphatic carbocycles. The van der Waals surface area contributed by atoms with E-state index in [2.05, 4.69) is 12.2 Å². The first kappa shape index (κ1) is 10.4. The van der Waals surface area contributed by atoms with Gasteiger partial charge in [-0.3, -0.25) is 0 Å². The Bertz CT molecular complexity index is 163. The van der Waals surface area contributed by atoms with Crippen molar-refractivity contribution in [3.05, 3.63) is 0 Å². The predicted molar refractivity (Wildman–Crippen MR) is 55.4 cm³/mol. The molecule has 82 valence electrons. The fourth-order valence-corrected chi connectivity index (χ4v) is 2.18. The molecule has 2 rings (SSSR count). The summed E-state index contributed by atoms with van der Waals surface area (Å²) in [6, 6.07) is 0.701. The van der Waals surface area contributed by atoms with E-state index in [4.69, 9.17) is 9.47 Å². The first-order valence-corrected chi connectivity index (χ1v) is 5.81. The van der Waals surface area contributed by atoms with Crippen LogP contribution in [0.5, 0.6) is 0 Å². The van der Waals surface area contributed by atoms with Crippen LogP contribution in [0.15, 0.2) is 0 Å². The molecule has 1 saturated carbocycles. The molecule has 2 fully saturated rings. The lowest BCUT2D eigenvalue weighted by Crippen LogP contribution is -2.46. The van der Waals surface area contributed by atoms with Crippen molar-refractivity contribution >= 4 is 0 Å². The fourth-order valence-electron chi connectivity index (χ4n) is 2.18. The third-order valence-electron chi connectivity index (χ3n) is 3.22. The zero-order valence-corrected chi connectivity index (χ0v) is 9.00. The van der Waals surface area contributed by atoms with Crippen molar-refractivity contribution in [2.75, 3.05) is 26.4 Å². The van der Waals surface area contributed by atoms with Crippen molar-refractivity contribution in [2.24, 2.45) is 5.92 Å². The molecule has 1 unspecified atom stereocenters. The molecule has 14 heavy (non-hydrogen) atoms. The molecule has 2 aliphatic rings. The van der Waals surface area contributed by atoms with Crippen LogP contribution in [0.4, 0.5) is 0 Å². The van der Waals surface area contributed by atoms with Gasteiger partial charge >= 0.3 is 0 Å². The third kappa shape index (κ3) is 2.69. The summed E-state index contributed by atoms with van der Waals surface area (Å²) in [6.07, 6.45) is 4.15. The molecule has 0 aromatic rings. The van der Waals surface area contributed by atoms with E-state index in [0.717, 1.165) is 32.3 Å². The van der Waals surface area contributed by atoms with Crippen LogP contribution in [0.1, 0.15) is 26.2 Å². The average molecular weight is 199 g/mol. The van der Waals surface area contributed by atoms with E-state index in [0.29, 0.717) is 12.1 Å². The molecule has 0 aromatic heterocycles. The molecule has 0 spiro atoms. The number of rotatable bonds is 5. The van der Waals surface area contributed by atoms with Crippen molar-refractivity contribution in [2.45, 2.75) is 38.3 Å². The Balaban J connectivity index is 1.51. The summed E-state index contributed by atoms with van der Waals surface area (Å²) < 4.78 is 10.9. The van der Waals surface area contributed by atoms with Gasteiger partial charge in [-0.15, -0.1) is 0 Å². The molecule has 1 saturated heterocycles. The first-order valence-electron chi connectivity index (χ1n) is 5.81. The molecular formula is C11H21NO2. The molecule has 0 aromatic carbocycles. The number of nitrogens with one attached hydrogen (secondary N) is 1. The van der Waals surface area contributed by atoms with Gasteiger partial charge in [-0.1, -0.05) is 0 Å². The minimum Gasteiger partial charge on any atom is -0.381 e. The normalized spacial score (nSPS) is 37.1. The summed E-state index contributed by atoms with van der Waals surface area (Å²) in [6.45, 7) is 5.96. The van der Waals surface area contributed by atoms with E-state index in [1.54, 1.807) is 0 Å². The second-order valence-corrected chi connectivity index (χ2v) is 4.38. The van der Waals surface area contributed by atoms with Gasteiger partial charge in [-0.2, -0.15) is 0 Å². The Labute approximate surface area is 86.2 Å². The summed E-state index contributed by atoms with van der Waals surface area (Å²) in [5.74, 6) is 0.751. The molecule has 1 aliphatic heterocycles. The molecule has 0 radical (unpaired) electrons. The largest absolute Gasteiger partial charge is 0.381 e. The maximum absolute atomic E-state index is 5.52. The lowest BCUT2D eigenvalue weighted by molar-refractivity contribution is -0.0106. The Morgan fingerprint density at radius 1 is 1.43 bits per heavy atom. The molecule has 1 N–H and O–H groups in total. The van der Waals surface area contributed by atoms with Crippen LogP contribution in [0, 0.1) is 5.92 Å². The summed E-state index contributed by atoms with van der Waals surface area (Å²) in [7, 11) is 0. The maximum Gasteiger partial charge on any atom is 0.0604 e. The zero-order valence-electron chi connectivity index (χ0n) is 9.00. The highest BCUT2D eigenvalue weighted by Crippen LogP contribution is 2.23. The van der Waals surface area contributed by atoms with Gasteiger partial charge in [0.25, 0.3) is 0 Å². The predicted octanol–water partition coefficient (Wildman–Crippen LogP) is 1.18. The van der Waals surface area contributed by atoms with Crippen molar-refractivity contribution in [1.82, 2.24) is 5.32 Å². The minimum absolute atomic E-state index is 0.525. The monoisotopic (exact) mass is 199 g/mol. The van der Waals surface area contributed by atoms with Crippen molar-refractivity contribution < 1.29 is 9.47 Å². The molecule has 1 atom stereocenters. The standard InChI is InChI=1S/C11H21NO2/c1-2-14-11-5-10(6-11)12-7-9-3-4-13-8-9/h9-12H,2-8H2,1H3. The Morgan fingerprint density at radius 3 is 2.93 bits per heavy atom. The Hall–Kier alpha value is -0.120. The highest BCUT2D eigenvalue weighted by atomic mass is 16.5. The Morgan fingerprint density at radius 2 is 2.29 bits per heavy atom. The van der Waals surface area contributed by atoms with E-state index in [9.17, 15) is 0 Å². The van der Waals surface area contributed by atoms with Gasteiger partial charge < -0.3 is 14.8 Å². The smallest absolute Gasteiger partial charge is 0.0604 e.